The normalized spacial score (nSPS) is 15.8. The molecule has 2 aromatic rings. The molecule has 1 aromatic heterocycles. The predicted molar refractivity (Wildman–Crippen MR) is 110 cm³/mol. The number of carbonyl (C=O) groups is 4. The molecule has 0 spiro atoms. The van der Waals surface area contributed by atoms with Crippen LogP contribution in [0.5, 0.6) is 0 Å². The van der Waals surface area contributed by atoms with Crippen molar-refractivity contribution >= 4 is 40.3 Å². The number of esters is 1. The Hall–Kier alpha value is -3.27. The van der Waals surface area contributed by atoms with E-state index in [-0.39, 0.29) is 42.0 Å². The molecule has 9 nitrogen and oxygen atoms in total. The van der Waals surface area contributed by atoms with E-state index in [0.717, 1.165) is 16.9 Å². The van der Waals surface area contributed by atoms with Gasteiger partial charge in [-0.05, 0) is 25.3 Å². The Morgan fingerprint density at radius 3 is 2.70 bits per heavy atom. The van der Waals surface area contributed by atoms with Gasteiger partial charge in [-0.3, -0.25) is 14.5 Å². The van der Waals surface area contributed by atoms with Crippen LogP contribution >= 0.6 is 11.3 Å². The predicted octanol–water partition coefficient (Wildman–Crippen LogP) is 2.12. The average Bonchev–Trinajstić information content (AvgIpc) is 3.23. The number of aromatic nitrogens is 1. The zero-order chi connectivity index (χ0) is 21.7. The van der Waals surface area contributed by atoms with Gasteiger partial charge in [0.15, 0.2) is 10.8 Å². The highest BCUT2D eigenvalue weighted by Gasteiger charge is 2.37. The maximum atomic E-state index is 12.5. The molecule has 1 aliphatic rings. The monoisotopic (exact) mass is 430 g/mol. The van der Waals surface area contributed by atoms with Crippen LogP contribution in [0, 0.1) is 6.92 Å². The van der Waals surface area contributed by atoms with Gasteiger partial charge in [-0.1, -0.05) is 30.3 Å². The number of imide groups is 1. The molecule has 0 aliphatic carbocycles. The number of urea groups is 1. The largest absolute Gasteiger partial charge is 0.464 e. The number of hydrogen-bond acceptors (Lipinski definition) is 7. The van der Waals surface area contributed by atoms with E-state index < -0.39 is 18.0 Å². The van der Waals surface area contributed by atoms with Crippen molar-refractivity contribution in [3.8, 4) is 0 Å². The number of rotatable bonds is 8. The topological polar surface area (TPSA) is 118 Å². The number of methoxy groups -OCH3 is 1. The summed E-state index contributed by atoms with van der Waals surface area (Å²) in [6, 6.07) is 8.41. The van der Waals surface area contributed by atoms with Crippen molar-refractivity contribution in [1.82, 2.24) is 15.2 Å². The lowest BCUT2D eigenvalue weighted by Crippen LogP contribution is -2.33. The summed E-state index contributed by atoms with van der Waals surface area (Å²) >= 11 is 1.16. The van der Waals surface area contributed by atoms with Crippen LogP contribution in [0.15, 0.2) is 30.3 Å². The second-order valence-electron chi connectivity index (χ2n) is 6.73. The number of carbonyl (C=O) groups excluding carboxylic acids is 4. The van der Waals surface area contributed by atoms with Crippen LogP contribution in [0.2, 0.25) is 0 Å². The van der Waals surface area contributed by atoms with Gasteiger partial charge >= 0.3 is 12.0 Å². The first-order valence-corrected chi connectivity index (χ1v) is 10.2. The highest BCUT2D eigenvalue weighted by molar-refractivity contribution is 7.16. The van der Waals surface area contributed by atoms with Gasteiger partial charge in [-0.25, -0.2) is 14.6 Å². The zero-order valence-corrected chi connectivity index (χ0v) is 17.5. The third kappa shape index (κ3) is 5.01. The first-order valence-electron chi connectivity index (χ1n) is 9.40. The minimum absolute atomic E-state index is 0.0232. The molecule has 3 rings (SSSR count). The van der Waals surface area contributed by atoms with Gasteiger partial charge in [0.05, 0.1) is 7.11 Å². The van der Waals surface area contributed by atoms with Gasteiger partial charge in [0.2, 0.25) is 5.91 Å². The Kier molecular flexibility index (Phi) is 6.78. The van der Waals surface area contributed by atoms with Gasteiger partial charge in [-0.2, -0.15) is 0 Å². The van der Waals surface area contributed by atoms with Gasteiger partial charge in [0.25, 0.3) is 5.91 Å². The van der Waals surface area contributed by atoms with E-state index in [2.05, 4.69) is 20.4 Å². The molecule has 0 bridgehead atoms. The van der Waals surface area contributed by atoms with E-state index in [1.807, 2.05) is 30.3 Å². The molecule has 1 aliphatic heterocycles. The molecule has 158 valence electrons. The number of nitrogens with one attached hydrogen (secondary N) is 2. The smallest absolute Gasteiger partial charge is 0.357 e. The summed E-state index contributed by atoms with van der Waals surface area (Å²) in [6.07, 6.45) is 0.765. The lowest BCUT2D eigenvalue weighted by molar-refractivity contribution is -0.127. The van der Waals surface area contributed by atoms with E-state index in [4.69, 9.17) is 0 Å². The Bertz CT molecular complexity index is 959. The van der Waals surface area contributed by atoms with E-state index >= 15 is 0 Å². The first-order chi connectivity index (χ1) is 14.4. The third-order valence-electron chi connectivity index (χ3n) is 4.66. The fourth-order valence-electron chi connectivity index (χ4n) is 3.06. The number of aryl methyl sites for hydroxylation is 1. The van der Waals surface area contributed by atoms with Crippen molar-refractivity contribution in [3.05, 3.63) is 46.5 Å². The Morgan fingerprint density at radius 2 is 2.00 bits per heavy atom. The molecule has 1 aromatic carbocycles. The lowest BCUT2D eigenvalue weighted by Gasteiger charge is -2.13. The fourth-order valence-corrected chi connectivity index (χ4v) is 3.88. The summed E-state index contributed by atoms with van der Waals surface area (Å²) < 4.78 is 4.64. The molecular formula is C20H22N4O5S. The molecule has 0 saturated carbocycles. The molecule has 0 radical (unpaired) electrons. The maximum Gasteiger partial charge on any atom is 0.357 e. The zero-order valence-electron chi connectivity index (χ0n) is 16.6. The van der Waals surface area contributed by atoms with Gasteiger partial charge in [-0.15, -0.1) is 11.3 Å². The summed E-state index contributed by atoms with van der Waals surface area (Å²) in [6.45, 7) is 1.99. The maximum absolute atomic E-state index is 12.5. The van der Waals surface area contributed by atoms with Crippen LogP contribution in [0.25, 0.3) is 0 Å². The average molecular weight is 430 g/mol. The summed E-state index contributed by atoms with van der Waals surface area (Å²) in [7, 11) is 1.26. The molecular weight excluding hydrogens is 408 g/mol. The van der Waals surface area contributed by atoms with Crippen molar-refractivity contribution in [3.63, 3.8) is 0 Å². The first kappa shape index (κ1) is 21.4. The highest BCUT2D eigenvalue weighted by Crippen LogP contribution is 2.23. The second-order valence-corrected chi connectivity index (χ2v) is 7.93. The van der Waals surface area contributed by atoms with Crippen molar-refractivity contribution in [2.75, 3.05) is 19.0 Å². The third-order valence-corrected chi connectivity index (χ3v) is 5.54. The van der Waals surface area contributed by atoms with E-state index in [1.54, 1.807) is 6.92 Å². The summed E-state index contributed by atoms with van der Waals surface area (Å²) in [5.41, 5.74) is 1.19. The molecule has 4 amide bonds. The molecule has 10 heteroatoms. The van der Waals surface area contributed by atoms with Crippen molar-refractivity contribution in [1.29, 1.82) is 0 Å². The van der Waals surface area contributed by atoms with Crippen LogP contribution in [0.1, 0.15) is 33.8 Å². The molecule has 30 heavy (non-hydrogen) atoms. The molecule has 2 heterocycles. The quantitative estimate of drug-likeness (QED) is 0.489. The second kappa shape index (κ2) is 9.49. The van der Waals surface area contributed by atoms with Gasteiger partial charge in [0, 0.05) is 17.8 Å². The number of nitrogens with zero attached hydrogens (tertiary/aromatic N) is 2. The SMILES string of the molecule is COC(=O)c1nc(NC(=O)CC[C@H]2NC(=O)N(CCc3ccccc3)C2=O)sc1C. The molecule has 1 atom stereocenters. The molecule has 1 saturated heterocycles. The van der Waals surface area contributed by atoms with E-state index in [9.17, 15) is 19.2 Å². The van der Waals surface area contributed by atoms with Crippen LogP contribution in [-0.2, 0) is 20.7 Å². The molecule has 0 unspecified atom stereocenters. The van der Waals surface area contributed by atoms with E-state index in [1.165, 1.54) is 12.0 Å². The van der Waals surface area contributed by atoms with Crippen LogP contribution in [0.3, 0.4) is 0 Å². The number of amides is 4. The number of benzene rings is 1. The minimum atomic E-state index is -0.734. The molecule has 2 N–H and O–H groups in total. The Balaban J connectivity index is 1.49. The van der Waals surface area contributed by atoms with Crippen molar-refractivity contribution in [2.24, 2.45) is 0 Å². The number of anilines is 1. The van der Waals surface area contributed by atoms with Gasteiger partial charge in [0.1, 0.15) is 6.04 Å². The highest BCUT2D eigenvalue weighted by atomic mass is 32.1. The van der Waals surface area contributed by atoms with Crippen LogP contribution < -0.4 is 10.6 Å². The van der Waals surface area contributed by atoms with Crippen molar-refractivity contribution < 1.29 is 23.9 Å². The number of hydrogen-bond donors (Lipinski definition) is 2. The van der Waals surface area contributed by atoms with E-state index in [0.29, 0.717) is 11.3 Å². The summed E-state index contributed by atoms with van der Waals surface area (Å²) in [5.74, 6) is -1.26. The standard InChI is InChI=1S/C20H22N4O5S/c1-12-16(18(27)29-2)23-19(30-12)22-15(25)9-8-14-17(26)24(20(28)21-14)11-10-13-6-4-3-5-7-13/h3-7,14H,8-11H2,1-2H3,(H,21,28)(H,22,23,25)/t14-/m1/s1. The fraction of sp³-hybridized carbons (Fsp3) is 0.350. The van der Waals surface area contributed by atoms with Crippen molar-refractivity contribution in [2.45, 2.75) is 32.2 Å². The number of thiazole rings is 1. The number of ether oxygens (including phenoxy) is 1. The van der Waals surface area contributed by atoms with Crippen LogP contribution in [-0.4, -0.2) is 53.4 Å². The van der Waals surface area contributed by atoms with Crippen LogP contribution in [0.4, 0.5) is 9.93 Å². The Morgan fingerprint density at radius 1 is 1.27 bits per heavy atom. The Labute approximate surface area is 177 Å². The summed E-state index contributed by atoms with van der Waals surface area (Å²) in [5, 5.41) is 5.52. The minimum Gasteiger partial charge on any atom is -0.464 e. The molecule has 1 fully saturated rings. The van der Waals surface area contributed by atoms with Gasteiger partial charge < -0.3 is 15.4 Å². The lowest BCUT2D eigenvalue weighted by atomic mass is 10.1. The summed E-state index contributed by atoms with van der Waals surface area (Å²) in [4.78, 5) is 54.3.